The minimum atomic E-state index is -4.45. The fourth-order valence-corrected chi connectivity index (χ4v) is 4.68. The van der Waals surface area contributed by atoms with Crippen LogP contribution in [0.25, 0.3) is 0 Å². The quantitative estimate of drug-likeness (QED) is 0.500. The highest BCUT2D eigenvalue weighted by molar-refractivity contribution is 8.13. The van der Waals surface area contributed by atoms with Crippen LogP contribution in [0.4, 0.5) is 4.79 Å². The Morgan fingerprint density at radius 2 is 2.00 bits per heavy atom. The zero-order chi connectivity index (χ0) is 21.1. The summed E-state index contributed by atoms with van der Waals surface area (Å²) >= 11 is 1.22. The Morgan fingerprint density at radius 3 is 2.61 bits per heavy atom. The first-order valence-corrected chi connectivity index (χ1v) is 11.4. The molecule has 0 saturated carbocycles. The molecule has 1 unspecified atom stereocenters. The molecule has 0 aromatic rings. The molecule has 0 spiro atoms. The minimum absolute atomic E-state index is 0.0415. The number of urea groups is 1. The Bertz CT molecular complexity index is 726. The number of nitrogens with zero attached hydrogens (tertiary/aromatic N) is 2. The highest BCUT2D eigenvalue weighted by Gasteiger charge is 2.49. The van der Waals surface area contributed by atoms with Gasteiger partial charge in [-0.25, -0.2) is 8.98 Å². The molecule has 0 aromatic heterocycles. The zero-order valence-corrected chi connectivity index (χ0v) is 17.9. The molecular formula is C16H27N3O7S2. The van der Waals surface area contributed by atoms with E-state index >= 15 is 0 Å². The van der Waals surface area contributed by atoms with Gasteiger partial charge in [0.05, 0.1) is 12.6 Å². The number of hydroxylamine groups is 2. The first kappa shape index (κ1) is 22.9. The van der Waals surface area contributed by atoms with E-state index in [1.165, 1.54) is 23.6 Å². The first-order valence-electron chi connectivity index (χ1n) is 9.03. The smallest absolute Gasteiger partial charge is 0.368 e. The molecule has 2 fully saturated rings. The molecule has 28 heavy (non-hydrogen) atoms. The van der Waals surface area contributed by atoms with Crippen LogP contribution < -0.4 is 5.73 Å². The normalized spacial score (nSPS) is 22.6. The van der Waals surface area contributed by atoms with Crippen LogP contribution in [0.15, 0.2) is 0 Å². The molecule has 2 rings (SSSR count). The van der Waals surface area contributed by atoms with Crippen LogP contribution in [0.1, 0.15) is 46.5 Å². The monoisotopic (exact) mass is 437 g/mol. The molecule has 0 aliphatic carbocycles. The Balaban J connectivity index is 1.87. The molecule has 160 valence electrons. The Hall–Kier alpha value is -1.37. The average molecular weight is 438 g/mol. The second-order valence-corrected chi connectivity index (χ2v) is 10.2. The lowest BCUT2D eigenvalue weighted by Gasteiger charge is -2.27. The van der Waals surface area contributed by atoms with Gasteiger partial charge >= 0.3 is 16.4 Å². The lowest BCUT2D eigenvalue weighted by molar-refractivity contribution is -0.122. The van der Waals surface area contributed by atoms with Gasteiger partial charge in [-0.1, -0.05) is 25.6 Å². The number of amides is 3. The van der Waals surface area contributed by atoms with Gasteiger partial charge in [0.25, 0.3) is 0 Å². The fourth-order valence-electron chi connectivity index (χ4n) is 3.22. The van der Waals surface area contributed by atoms with Gasteiger partial charge in [-0.05, 0) is 31.1 Å². The van der Waals surface area contributed by atoms with Crippen molar-refractivity contribution in [2.24, 2.45) is 11.1 Å². The van der Waals surface area contributed by atoms with Crippen LogP contribution in [0, 0.1) is 5.41 Å². The van der Waals surface area contributed by atoms with Crippen molar-refractivity contribution in [3.63, 3.8) is 0 Å². The second-order valence-electron chi connectivity index (χ2n) is 7.76. The first-order chi connectivity index (χ1) is 12.9. The average Bonchev–Trinajstić information content (AvgIpc) is 2.81. The van der Waals surface area contributed by atoms with Gasteiger partial charge in [0, 0.05) is 19.2 Å². The van der Waals surface area contributed by atoms with Gasteiger partial charge in [0.2, 0.25) is 5.91 Å². The topological polar surface area (TPSA) is 136 Å². The molecule has 2 N–H and O–H groups in total. The lowest BCUT2D eigenvalue weighted by atomic mass is 9.89. The van der Waals surface area contributed by atoms with Crippen LogP contribution in [-0.4, -0.2) is 66.4 Å². The van der Waals surface area contributed by atoms with Crippen molar-refractivity contribution in [2.75, 3.05) is 18.9 Å². The number of fused-ring (bicyclic) bond motifs is 2. The number of nitrogens with two attached hydrogens (primary N) is 1. The zero-order valence-electron chi connectivity index (χ0n) is 16.3. The highest BCUT2D eigenvalue weighted by Crippen LogP contribution is 2.31. The summed E-state index contributed by atoms with van der Waals surface area (Å²) < 4.78 is 34.3. The number of piperidine rings is 1. The highest BCUT2D eigenvalue weighted by atomic mass is 32.3. The van der Waals surface area contributed by atoms with E-state index in [2.05, 4.69) is 0 Å². The molecule has 2 heterocycles. The van der Waals surface area contributed by atoms with Crippen LogP contribution in [-0.2, 0) is 28.5 Å². The summed E-state index contributed by atoms with van der Waals surface area (Å²) in [7, 11) is -4.45. The minimum Gasteiger partial charge on any atom is -0.368 e. The van der Waals surface area contributed by atoms with E-state index in [4.69, 9.17) is 14.2 Å². The summed E-state index contributed by atoms with van der Waals surface area (Å²) in [5.74, 6) is 0.0282. The van der Waals surface area contributed by atoms with Crippen molar-refractivity contribution in [2.45, 2.75) is 58.5 Å². The van der Waals surface area contributed by atoms with Crippen LogP contribution >= 0.6 is 11.8 Å². The third-order valence-electron chi connectivity index (χ3n) is 4.72. The van der Waals surface area contributed by atoms with Crippen LogP contribution in [0.5, 0.6) is 0 Å². The largest absolute Gasteiger partial charge is 0.421 e. The molecule has 0 aromatic carbocycles. The number of carbonyl (C=O) groups excluding carboxylic acids is 3. The van der Waals surface area contributed by atoms with E-state index in [9.17, 15) is 22.8 Å². The van der Waals surface area contributed by atoms with Crippen LogP contribution in [0.3, 0.4) is 0 Å². The third kappa shape index (κ3) is 6.06. The van der Waals surface area contributed by atoms with Crippen molar-refractivity contribution in [3.05, 3.63) is 0 Å². The molecule has 2 bridgehead atoms. The summed E-state index contributed by atoms with van der Waals surface area (Å²) in [4.78, 5) is 36.0. The summed E-state index contributed by atoms with van der Waals surface area (Å²) in [6.07, 6.45) is 2.16. The second kappa shape index (κ2) is 8.97. The van der Waals surface area contributed by atoms with Gasteiger partial charge in [0.15, 0.2) is 5.12 Å². The van der Waals surface area contributed by atoms with Gasteiger partial charge < -0.3 is 10.6 Å². The molecule has 2 aliphatic rings. The van der Waals surface area contributed by atoms with Crippen molar-refractivity contribution in [1.82, 2.24) is 9.96 Å². The summed E-state index contributed by atoms with van der Waals surface area (Å²) in [5, 5.41) is 0.800. The maximum absolute atomic E-state index is 12.4. The summed E-state index contributed by atoms with van der Waals surface area (Å²) in [6, 6.07) is -1.94. The van der Waals surface area contributed by atoms with Gasteiger partial charge in [-0.2, -0.15) is 13.5 Å². The molecular weight excluding hydrogens is 410 g/mol. The van der Waals surface area contributed by atoms with Crippen molar-refractivity contribution < 1.29 is 31.3 Å². The number of hydrogen-bond acceptors (Lipinski definition) is 8. The standard InChI is InChI=1S/C16H27N3O7S2/c1-11(20)27-8-4-7-16(2,3)10-25-28(23,24)26-19-12-5-6-13(14(17)21)18(9-12)15(19)22/h12-13H,4-10H2,1-3H3,(H2,17,21)/t12?,13-/m0/s1. The molecule has 2 atom stereocenters. The van der Waals surface area contributed by atoms with Crippen LogP contribution in [0.2, 0.25) is 0 Å². The van der Waals surface area contributed by atoms with Gasteiger partial charge in [-0.3, -0.25) is 9.59 Å². The summed E-state index contributed by atoms with van der Waals surface area (Å²) in [6.45, 7) is 5.25. The van der Waals surface area contributed by atoms with E-state index in [0.29, 0.717) is 25.0 Å². The molecule has 12 heteroatoms. The van der Waals surface area contributed by atoms with E-state index in [-0.39, 0.29) is 18.3 Å². The lowest BCUT2D eigenvalue weighted by Crippen LogP contribution is -2.47. The van der Waals surface area contributed by atoms with Crippen molar-refractivity contribution >= 4 is 39.2 Å². The molecule has 3 amide bonds. The van der Waals surface area contributed by atoms with E-state index in [1.807, 2.05) is 13.8 Å². The number of thioether (sulfide) groups is 1. The van der Waals surface area contributed by atoms with Crippen molar-refractivity contribution in [3.8, 4) is 0 Å². The SMILES string of the molecule is CC(=O)SCCCC(C)(C)COS(=O)(=O)ON1C(=O)N2CC1CC[C@H]2C(N)=O. The van der Waals surface area contributed by atoms with E-state index in [1.54, 1.807) is 0 Å². The molecule has 0 radical (unpaired) electrons. The predicted molar refractivity (Wildman–Crippen MR) is 102 cm³/mol. The third-order valence-corrected chi connectivity index (χ3v) is 6.37. The number of primary amides is 1. The Labute approximate surface area is 169 Å². The predicted octanol–water partition coefficient (Wildman–Crippen LogP) is 1.02. The molecule has 2 aliphatic heterocycles. The molecule has 10 nitrogen and oxygen atoms in total. The van der Waals surface area contributed by atoms with Gasteiger partial charge in [0.1, 0.15) is 6.04 Å². The van der Waals surface area contributed by atoms with E-state index in [0.717, 1.165) is 11.5 Å². The van der Waals surface area contributed by atoms with E-state index < -0.39 is 39.8 Å². The fraction of sp³-hybridized carbons (Fsp3) is 0.812. The van der Waals surface area contributed by atoms with Gasteiger partial charge in [-0.15, -0.1) is 4.28 Å². The number of carbonyl (C=O) groups is 3. The molecule has 2 saturated heterocycles. The Morgan fingerprint density at radius 1 is 1.32 bits per heavy atom. The number of rotatable bonds is 10. The van der Waals surface area contributed by atoms with Crippen molar-refractivity contribution in [1.29, 1.82) is 0 Å². The maximum atomic E-state index is 12.4. The number of hydrogen-bond donors (Lipinski definition) is 1. The maximum Gasteiger partial charge on any atom is 0.421 e. The Kier molecular flexibility index (Phi) is 7.34. The summed E-state index contributed by atoms with van der Waals surface area (Å²) in [5.41, 5.74) is 4.83.